The van der Waals surface area contributed by atoms with Crippen molar-refractivity contribution in [3.05, 3.63) is 69.8 Å². The van der Waals surface area contributed by atoms with Crippen molar-refractivity contribution in [2.24, 2.45) is 0 Å². The maximum absolute atomic E-state index is 13.6. The second-order valence-electron chi connectivity index (χ2n) is 4.98. The topological polar surface area (TPSA) is 12.0 Å². The van der Waals surface area contributed by atoms with Crippen LogP contribution in [0.2, 0.25) is 5.02 Å². The summed E-state index contributed by atoms with van der Waals surface area (Å²) >= 11 is 7.50. The molecule has 1 heterocycles. The van der Waals surface area contributed by atoms with Crippen LogP contribution in [0.3, 0.4) is 0 Å². The van der Waals surface area contributed by atoms with E-state index in [2.05, 4.69) is 28.9 Å². The molecule has 0 saturated carbocycles. The van der Waals surface area contributed by atoms with E-state index in [9.17, 15) is 4.39 Å². The van der Waals surface area contributed by atoms with Gasteiger partial charge >= 0.3 is 0 Å². The fraction of sp³-hybridized carbons (Fsp3) is 0.176. The molecule has 21 heavy (non-hydrogen) atoms. The fourth-order valence-corrected chi connectivity index (χ4v) is 3.62. The summed E-state index contributed by atoms with van der Waals surface area (Å²) in [6.45, 7) is 0. The fourth-order valence-electron chi connectivity index (χ4n) is 2.53. The summed E-state index contributed by atoms with van der Waals surface area (Å²) < 4.78 is 14.9. The molecule has 1 N–H and O–H groups in total. The standard InChI is InChI=1S/C17H15ClFNS/c1-20-16(11-6-7-14(18)15(19)8-11)9-12-10-21-17-5-3-2-4-13(12)17/h2-8,10,16,20H,9H2,1H3. The second-order valence-corrected chi connectivity index (χ2v) is 6.29. The van der Waals surface area contributed by atoms with Gasteiger partial charge in [0.05, 0.1) is 5.02 Å². The number of nitrogens with one attached hydrogen (secondary N) is 1. The Morgan fingerprint density at radius 2 is 2.05 bits per heavy atom. The van der Waals surface area contributed by atoms with Crippen LogP contribution >= 0.6 is 22.9 Å². The first-order valence-electron chi connectivity index (χ1n) is 6.76. The SMILES string of the molecule is CNC(Cc1csc2ccccc12)c1ccc(Cl)c(F)c1. The van der Waals surface area contributed by atoms with E-state index in [1.165, 1.54) is 21.7 Å². The third kappa shape index (κ3) is 2.95. The molecule has 0 aliphatic rings. The summed E-state index contributed by atoms with van der Waals surface area (Å²) in [5.74, 6) is -0.371. The van der Waals surface area contributed by atoms with Crippen LogP contribution in [-0.2, 0) is 6.42 Å². The Hall–Kier alpha value is -1.42. The van der Waals surface area contributed by atoms with Crippen molar-refractivity contribution in [3.8, 4) is 0 Å². The molecular weight excluding hydrogens is 305 g/mol. The number of thiophene rings is 1. The number of fused-ring (bicyclic) bond motifs is 1. The zero-order chi connectivity index (χ0) is 14.8. The van der Waals surface area contributed by atoms with E-state index in [1.54, 1.807) is 17.4 Å². The Morgan fingerprint density at radius 3 is 2.81 bits per heavy atom. The highest BCUT2D eigenvalue weighted by Gasteiger charge is 2.14. The Morgan fingerprint density at radius 1 is 1.24 bits per heavy atom. The summed E-state index contributed by atoms with van der Waals surface area (Å²) in [5, 5.41) is 6.88. The summed E-state index contributed by atoms with van der Waals surface area (Å²) in [4.78, 5) is 0. The van der Waals surface area contributed by atoms with Crippen LogP contribution < -0.4 is 5.32 Å². The lowest BCUT2D eigenvalue weighted by atomic mass is 9.98. The molecule has 3 aromatic rings. The minimum absolute atomic E-state index is 0.0646. The average molecular weight is 320 g/mol. The quantitative estimate of drug-likeness (QED) is 0.697. The molecular formula is C17H15ClFNS. The van der Waals surface area contributed by atoms with E-state index in [0.29, 0.717) is 0 Å². The number of halogens is 2. The molecule has 0 spiro atoms. The first-order chi connectivity index (χ1) is 10.2. The van der Waals surface area contributed by atoms with Crippen LogP contribution in [0.25, 0.3) is 10.1 Å². The molecule has 0 aliphatic heterocycles. The van der Waals surface area contributed by atoms with Crippen molar-refractivity contribution in [2.75, 3.05) is 7.05 Å². The van der Waals surface area contributed by atoms with Gasteiger partial charge in [-0.05, 0) is 53.6 Å². The summed E-state index contributed by atoms with van der Waals surface area (Å²) in [5.41, 5.74) is 2.19. The molecule has 0 fully saturated rings. The molecule has 1 atom stereocenters. The van der Waals surface area contributed by atoms with Crippen LogP contribution in [0.1, 0.15) is 17.2 Å². The molecule has 4 heteroatoms. The van der Waals surface area contributed by atoms with Crippen LogP contribution in [0.15, 0.2) is 47.8 Å². The highest BCUT2D eigenvalue weighted by molar-refractivity contribution is 7.17. The highest BCUT2D eigenvalue weighted by atomic mass is 35.5. The Balaban J connectivity index is 1.92. The lowest BCUT2D eigenvalue weighted by Crippen LogP contribution is -2.18. The van der Waals surface area contributed by atoms with Crippen molar-refractivity contribution in [1.82, 2.24) is 5.32 Å². The van der Waals surface area contributed by atoms with Crippen LogP contribution in [-0.4, -0.2) is 7.05 Å². The van der Waals surface area contributed by atoms with Gasteiger partial charge in [-0.15, -0.1) is 11.3 Å². The number of likely N-dealkylation sites (N-methyl/N-ethyl adjacent to an activating group) is 1. The van der Waals surface area contributed by atoms with Gasteiger partial charge in [0.1, 0.15) is 5.82 Å². The maximum Gasteiger partial charge on any atom is 0.142 e. The van der Waals surface area contributed by atoms with Gasteiger partial charge in [0.15, 0.2) is 0 Å². The van der Waals surface area contributed by atoms with E-state index in [-0.39, 0.29) is 16.9 Å². The first-order valence-corrected chi connectivity index (χ1v) is 8.02. The van der Waals surface area contributed by atoms with Gasteiger partial charge in [-0.1, -0.05) is 35.9 Å². The normalized spacial score (nSPS) is 12.7. The zero-order valence-electron chi connectivity index (χ0n) is 11.6. The summed E-state index contributed by atoms with van der Waals surface area (Å²) in [6.07, 6.45) is 0.821. The average Bonchev–Trinajstić information content (AvgIpc) is 2.91. The molecule has 108 valence electrons. The van der Waals surface area contributed by atoms with Crippen LogP contribution in [0, 0.1) is 5.82 Å². The van der Waals surface area contributed by atoms with Gasteiger partial charge in [0, 0.05) is 10.7 Å². The van der Waals surface area contributed by atoms with E-state index in [0.717, 1.165) is 12.0 Å². The van der Waals surface area contributed by atoms with E-state index < -0.39 is 0 Å². The Labute approximate surface area is 132 Å². The van der Waals surface area contributed by atoms with E-state index in [4.69, 9.17) is 11.6 Å². The minimum Gasteiger partial charge on any atom is -0.313 e. The smallest absolute Gasteiger partial charge is 0.142 e. The Kier molecular flexibility index (Phi) is 4.24. The maximum atomic E-state index is 13.6. The number of rotatable bonds is 4. The lowest BCUT2D eigenvalue weighted by Gasteiger charge is -2.17. The van der Waals surface area contributed by atoms with Gasteiger partial charge in [-0.25, -0.2) is 4.39 Å². The van der Waals surface area contributed by atoms with Crippen molar-refractivity contribution >= 4 is 33.0 Å². The third-order valence-corrected chi connectivity index (χ3v) is 5.00. The Bertz CT molecular complexity index is 768. The number of benzene rings is 2. The minimum atomic E-state index is -0.371. The van der Waals surface area contributed by atoms with Crippen molar-refractivity contribution in [2.45, 2.75) is 12.5 Å². The van der Waals surface area contributed by atoms with Crippen molar-refractivity contribution < 1.29 is 4.39 Å². The first kappa shape index (κ1) is 14.5. The highest BCUT2D eigenvalue weighted by Crippen LogP contribution is 2.30. The molecule has 0 aliphatic carbocycles. The molecule has 1 nitrogen and oxygen atoms in total. The molecule has 0 radical (unpaired) electrons. The van der Waals surface area contributed by atoms with Gasteiger partial charge in [-0.3, -0.25) is 0 Å². The molecule has 0 bridgehead atoms. The molecule has 3 rings (SSSR count). The van der Waals surface area contributed by atoms with Gasteiger partial charge in [0.2, 0.25) is 0 Å². The van der Waals surface area contributed by atoms with Gasteiger partial charge in [0.25, 0.3) is 0 Å². The van der Waals surface area contributed by atoms with Crippen molar-refractivity contribution in [1.29, 1.82) is 0 Å². The summed E-state index contributed by atoms with van der Waals surface area (Å²) in [7, 11) is 1.89. The van der Waals surface area contributed by atoms with Crippen LogP contribution in [0.5, 0.6) is 0 Å². The lowest BCUT2D eigenvalue weighted by molar-refractivity contribution is 0.579. The zero-order valence-corrected chi connectivity index (χ0v) is 13.1. The predicted molar refractivity (Wildman–Crippen MR) is 88.7 cm³/mol. The largest absolute Gasteiger partial charge is 0.313 e. The molecule has 1 aromatic heterocycles. The van der Waals surface area contributed by atoms with Gasteiger partial charge < -0.3 is 5.32 Å². The van der Waals surface area contributed by atoms with E-state index >= 15 is 0 Å². The summed E-state index contributed by atoms with van der Waals surface area (Å²) in [6, 6.07) is 13.4. The van der Waals surface area contributed by atoms with Crippen LogP contribution in [0.4, 0.5) is 4.39 Å². The predicted octanol–water partition coefficient (Wildman–Crippen LogP) is 5.20. The molecule has 1 unspecified atom stereocenters. The number of hydrogen-bond acceptors (Lipinski definition) is 2. The molecule has 0 amide bonds. The number of hydrogen-bond donors (Lipinski definition) is 1. The van der Waals surface area contributed by atoms with Crippen molar-refractivity contribution in [3.63, 3.8) is 0 Å². The third-order valence-electron chi connectivity index (χ3n) is 3.68. The monoisotopic (exact) mass is 319 g/mol. The second kappa shape index (κ2) is 6.14. The van der Waals surface area contributed by atoms with Gasteiger partial charge in [-0.2, -0.15) is 0 Å². The molecule has 2 aromatic carbocycles. The molecule has 0 saturated heterocycles. The van der Waals surface area contributed by atoms with E-state index in [1.807, 2.05) is 19.2 Å².